The van der Waals surface area contributed by atoms with Gasteiger partial charge in [-0.2, -0.15) is 5.26 Å². The fourth-order valence-electron chi connectivity index (χ4n) is 1.15. The van der Waals surface area contributed by atoms with Crippen LogP contribution >= 0.6 is 27.5 Å². The normalized spacial score (nSPS) is 9.69. The molecule has 0 saturated heterocycles. The van der Waals surface area contributed by atoms with E-state index in [0.29, 0.717) is 6.42 Å². The van der Waals surface area contributed by atoms with E-state index in [2.05, 4.69) is 22.0 Å². The Morgan fingerprint density at radius 2 is 2.23 bits per heavy atom. The molecular formula is C10H9BrClN. The summed E-state index contributed by atoms with van der Waals surface area (Å²) in [6.45, 7) is 2.00. The van der Waals surface area contributed by atoms with E-state index in [9.17, 15) is 0 Å². The average Bonchev–Trinajstić information content (AvgIpc) is 2.09. The van der Waals surface area contributed by atoms with Gasteiger partial charge in [-0.25, -0.2) is 0 Å². The minimum absolute atomic E-state index is 0.551. The van der Waals surface area contributed by atoms with Crippen molar-refractivity contribution in [3.63, 3.8) is 0 Å². The predicted molar refractivity (Wildman–Crippen MR) is 57.8 cm³/mol. The molecule has 3 heteroatoms. The summed E-state index contributed by atoms with van der Waals surface area (Å²) in [7, 11) is 0. The fraction of sp³-hybridized carbons (Fsp3) is 0.300. The zero-order valence-electron chi connectivity index (χ0n) is 7.27. The van der Waals surface area contributed by atoms with E-state index in [-0.39, 0.29) is 0 Å². The second-order valence-corrected chi connectivity index (χ2v) is 4.11. The van der Waals surface area contributed by atoms with Crippen LogP contribution < -0.4 is 0 Å². The van der Waals surface area contributed by atoms with Gasteiger partial charge in [0, 0.05) is 10.9 Å². The molecule has 0 unspecified atom stereocenters. The Labute approximate surface area is 91.5 Å². The molecule has 0 aliphatic rings. The van der Waals surface area contributed by atoms with Gasteiger partial charge in [-0.05, 0) is 52.5 Å². The molecule has 0 amide bonds. The Morgan fingerprint density at radius 3 is 2.85 bits per heavy atom. The van der Waals surface area contributed by atoms with Crippen molar-refractivity contribution < 1.29 is 0 Å². The highest BCUT2D eigenvalue weighted by atomic mass is 79.9. The molecule has 0 N–H and O–H groups in total. The Bertz CT molecular complexity index is 355. The van der Waals surface area contributed by atoms with Crippen LogP contribution in [-0.4, -0.2) is 0 Å². The summed E-state index contributed by atoms with van der Waals surface area (Å²) in [4.78, 5) is 0. The van der Waals surface area contributed by atoms with Crippen molar-refractivity contribution in [1.82, 2.24) is 0 Å². The van der Waals surface area contributed by atoms with E-state index in [4.69, 9.17) is 16.9 Å². The molecule has 13 heavy (non-hydrogen) atoms. The van der Waals surface area contributed by atoms with E-state index < -0.39 is 0 Å². The van der Waals surface area contributed by atoms with E-state index in [1.807, 2.05) is 19.1 Å². The first-order chi connectivity index (χ1) is 6.15. The molecular weight excluding hydrogens is 249 g/mol. The zero-order valence-corrected chi connectivity index (χ0v) is 9.61. The summed E-state index contributed by atoms with van der Waals surface area (Å²) in [6.07, 6.45) is 1.34. The second-order valence-electron chi connectivity index (χ2n) is 2.85. The molecule has 0 aromatic heterocycles. The third-order valence-electron chi connectivity index (χ3n) is 1.88. The molecule has 0 fully saturated rings. The lowest BCUT2D eigenvalue weighted by Crippen LogP contribution is -1.89. The number of benzene rings is 1. The van der Waals surface area contributed by atoms with Crippen molar-refractivity contribution in [2.75, 3.05) is 0 Å². The SMILES string of the molecule is Cc1cc(Cl)c(Br)cc1CCC#N. The number of nitriles is 1. The highest BCUT2D eigenvalue weighted by Gasteiger charge is 2.03. The Balaban J connectivity index is 2.96. The molecule has 1 aromatic carbocycles. The van der Waals surface area contributed by atoms with Crippen molar-refractivity contribution in [2.24, 2.45) is 0 Å². The van der Waals surface area contributed by atoms with Gasteiger partial charge in [0.2, 0.25) is 0 Å². The second kappa shape index (κ2) is 4.64. The molecule has 0 spiro atoms. The lowest BCUT2D eigenvalue weighted by molar-refractivity contribution is 0.995. The Hall–Kier alpha value is -0.520. The third kappa shape index (κ3) is 2.72. The molecule has 1 rings (SSSR count). The largest absolute Gasteiger partial charge is 0.198 e. The van der Waals surface area contributed by atoms with Crippen molar-refractivity contribution in [1.29, 1.82) is 5.26 Å². The summed E-state index contributed by atoms with van der Waals surface area (Å²) in [6, 6.07) is 6.03. The van der Waals surface area contributed by atoms with Crippen LogP contribution in [0.3, 0.4) is 0 Å². The zero-order chi connectivity index (χ0) is 9.84. The molecule has 0 aliphatic carbocycles. The topological polar surface area (TPSA) is 23.8 Å². The number of hydrogen-bond acceptors (Lipinski definition) is 1. The van der Waals surface area contributed by atoms with Crippen LogP contribution in [0.4, 0.5) is 0 Å². The average molecular weight is 259 g/mol. The quantitative estimate of drug-likeness (QED) is 0.790. The van der Waals surface area contributed by atoms with Crippen LogP contribution in [0.1, 0.15) is 17.5 Å². The number of aryl methyl sites for hydroxylation is 2. The standard InChI is InChI=1S/C10H9BrClN/c1-7-5-10(12)9(11)6-8(7)3-2-4-13/h5-6H,2-3H2,1H3. The van der Waals surface area contributed by atoms with Gasteiger partial charge in [0.15, 0.2) is 0 Å². The number of rotatable bonds is 2. The maximum Gasteiger partial charge on any atom is 0.0625 e. The summed E-state index contributed by atoms with van der Waals surface area (Å²) >= 11 is 9.27. The van der Waals surface area contributed by atoms with Crippen LogP contribution in [0.15, 0.2) is 16.6 Å². The number of halogens is 2. The van der Waals surface area contributed by atoms with Crippen LogP contribution in [0.25, 0.3) is 0 Å². The van der Waals surface area contributed by atoms with E-state index in [1.165, 1.54) is 5.56 Å². The molecule has 0 aliphatic heterocycles. The molecule has 0 heterocycles. The van der Waals surface area contributed by atoms with Crippen LogP contribution in [0.5, 0.6) is 0 Å². The lowest BCUT2D eigenvalue weighted by Gasteiger charge is -2.05. The van der Waals surface area contributed by atoms with E-state index in [0.717, 1.165) is 21.5 Å². The van der Waals surface area contributed by atoms with Gasteiger partial charge in [0.1, 0.15) is 0 Å². The van der Waals surface area contributed by atoms with Crippen molar-refractivity contribution >= 4 is 27.5 Å². The molecule has 1 nitrogen and oxygen atoms in total. The molecule has 0 radical (unpaired) electrons. The summed E-state index contributed by atoms with van der Waals surface area (Å²) in [5, 5.41) is 9.18. The monoisotopic (exact) mass is 257 g/mol. The highest BCUT2D eigenvalue weighted by molar-refractivity contribution is 9.10. The maximum absolute atomic E-state index is 8.45. The van der Waals surface area contributed by atoms with E-state index >= 15 is 0 Å². The molecule has 0 saturated carbocycles. The van der Waals surface area contributed by atoms with Gasteiger partial charge in [-0.15, -0.1) is 0 Å². The number of nitrogens with zero attached hydrogens (tertiary/aromatic N) is 1. The van der Waals surface area contributed by atoms with Gasteiger partial charge in [0.05, 0.1) is 11.1 Å². The minimum atomic E-state index is 0.551. The Morgan fingerprint density at radius 1 is 1.54 bits per heavy atom. The molecule has 1 aromatic rings. The first-order valence-corrected chi connectivity index (χ1v) is 5.13. The first kappa shape index (κ1) is 10.6. The predicted octanol–water partition coefficient (Wildman–Crippen LogP) is 3.87. The van der Waals surface area contributed by atoms with E-state index in [1.54, 1.807) is 0 Å². The van der Waals surface area contributed by atoms with Gasteiger partial charge in [-0.3, -0.25) is 0 Å². The maximum atomic E-state index is 8.45. The van der Waals surface area contributed by atoms with Crippen LogP contribution in [0, 0.1) is 18.3 Å². The highest BCUT2D eigenvalue weighted by Crippen LogP contribution is 2.26. The van der Waals surface area contributed by atoms with Gasteiger partial charge >= 0.3 is 0 Å². The Kier molecular flexibility index (Phi) is 3.77. The lowest BCUT2D eigenvalue weighted by atomic mass is 10.0. The smallest absolute Gasteiger partial charge is 0.0625 e. The van der Waals surface area contributed by atoms with Crippen molar-refractivity contribution in [3.05, 3.63) is 32.8 Å². The van der Waals surface area contributed by atoms with Crippen molar-refractivity contribution in [3.8, 4) is 6.07 Å². The van der Waals surface area contributed by atoms with Gasteiger partial charge < -0.3 is 0 Å². The minimum Gasteiger partial charge on any atom is -0.198 e. The summed E-state index contributed by atoms with van der Waals surface area (Å²) in [5.41, 5.74) is 2.32. The first-order valence-electron chi connectivity index (χ1n) is 3.96. The van der Waals surface area contributed by atoms with Crippen LogP contribution in [0.2, 0.25) is 5.02 Å². The van der Waals surface area contributed by atoms with Gasteiger partial charge in [0.25, 0.3) is 0 Å². The third-order valence-corrected chi connectivity index (χ3v) is 3.08. The van der Waals surface area contributed by atoms with Crippen LogP contribution in [-0.2, 0) is 6.42 Å². The molecule has 0 bridgehead atoms. The van der Waals surface area contributed by atoms with Gasteiger partial charge in [-0.1, -0.05) is 11.6 Å². The van der Waals surface area contributed by atoms with Crippen molar-refractivity contribution in [2.45, 2.75) is 19.8 Å². The molecule has 0 atom stereocenters. The summed E-state index contributed by atoms with van der Waals surface area (Å²) in [5.74, 6) is 0. The fourth-order valence-corrected chi connectivity index (χ4v) is 1.76. The summed E-state index contributed by atoms with van der Waals surface area (Å²) < 4.78 is 0.896. The number of hydrogen-bond donors (Lipinski definition) is 0. The molecule has 68 valence electrons.